The van der Waals surface area contributed by atoms with Crippen molar-refractivity contribution in [2.75, 3.05) is 5.88 Å². The summed E-state index contributed by atoms with van der Waals surface area (Å²) in [7, 11) is 0. The van der Waals surface area contributed by atoms with Gasteiger partial charge in [0.25, 0.3) is 5.69 Å². The van der Waals surface area contributed by atoms with Gasteiger partial charge in [0.05, 0.1) is 27.6 Å². The Kier molecular flexibility index (Phi) is 5.41. The van der Waals surface area contributed by atoms with E-state index in [9.17, 15) is 10.1 Å². The van der Waals surface area contributed by atoms with Gasteiger partial charge in [0, 0.05) is 12.1 Å². The molecule has 0 spiro atoms. The van der Waals surface area contributed by atoms with E-state index >= 15 is 0 Å². The van der Waals surface area contributed by atoms with Gasteiger partial charge in [0.15, 0.2) is 0 Å². The average Bonchev–Trinajstić information content (AvgIpc) is 2.50. The van der Waals surface area contributed by atoms with Crippen molar-refractivity contribution in [1.82, 2.24) is 0 Å². The summed E-state index contributed by atoms with van der Waals surface area (Å²) in [4.78, 5) is 14.5. The second-order valence-corrected chi connectivity index (χ2v) is 5.34. The molecule has 0 heterocycles. The van der Waals surface area contributed by atoms with Crippen molar-refractivity contribution in [2.24, 2.45) is 10.7 Å². The van der Waals surface area contributed by atoms with E-state index in [2.05, 4.69) is 4.99 Å². The van der Waals surface area contributed by atoms with Gasteiger partial charge in [-0.1, -0.05) is 23.7 Å². The number of hydrogen-bond donors (Lipinski definition) is 1. The number of alkyl halides is 1. The molecule has 0 aliphatic rings. The number of non-ortho nitro benzene ring substituents is 1. The number of aliphatic imine (C=N–C) groups is 1. The topological polar surface area (TPSA) is 90.8 Å². The molecule has 0 unspecified atom stereocenters. The number of hydrogen-bond acceptors (Lipinski definition) is 4. The highest BCUT2D eigenvalue weighted by Gasteiger charge is 2.13. The number of nitrogens with zero attached hydrogens (tertiary/aromatic N) is 2. The van der Waals surface area contributed by atoms with E-state index in [0.29, 0.717) is 10.8 Å². The fourth-order valence-electron chi connectivity index (χ4n) is 1.86. The van der Waals surface area contributed by atoms with Gasteiger partial charge >= 0.3 is 0 Å². The molecular formula is C15H13Cl2N3O3. The fraction of sp³-hybridized carbons (Fsp3) is 0.133. The molecule has 0 aromatic heterocycles. The molecule has 23 heavy (non-hydrogen) atoms. The number of nitro benzene ring substituents is 1. The van der Waals surface area contributed by atoms with Crippen LogP contribution in [0.4, 0.5) is 11.4 Å². The second kappa shape index (κ2) is 7.30. The smallest absolute Gasteiger partial charge is 0.275 e. The van der Waals surface area contributed by atoms with Gasteiger partial charge in [-0.3, -0.25) is 10.1 Å². The molecule has 0 bridgehead atoms. The van der Waals surface area contributed by atoms with Crippen molar-refractivity contribution < 1.29 is 9.66 Å². The predicted octanol–water partition coefficient (Wildman–Crippen LogP) is 4.58. The average molecular weight is 354 g/mol. The maximum absolute atomic E-state index is 11.1. The molecule has 8 heteroatoms. The molecule has 6 nitrogen and oxygen atoms in total. The van der Waals surface area contributed by atoms with Gasteiger partial charge in [-0.2, -0.15) is 0 Å². The Morgan fingerprint density at radius 2 is 2.13 bits per heavy atom. The summed E-state index contributed by atoms with van der Waals surface area (Å²) >= 11 is 11.7. The van der Waals surface area contributed by atoms with Crippen LogP contribution in [0.5, 0.6) is 11.5 Å². The van der Waals surface area contributed by atoms with Crippen LogP contribution in [0.2, 0.25) is 5.02 Å². The van der Waals surface area contributed by atoms with Crippen molar-refractivity contribution >= 4 is 40.4 Å². The minimum absolute atomic E-state index is 0.0164. The molecule has 2 aromatic rings. The van der Waals surface area contributed by atoms with Crippen molar-refractivity contribution in [3.05, 3.63) is 57.1 Å². The summed E-state index contributed by atoms with van der Waals surface area (Å²) in [6.45, 7) is 1.82. The number of halogens is 2. The first-order valence-electron chi connectivity index (χ1n) is 6.52. The molecule has 0 atom stereocenters. The molecule has 0 aliphatic carbocycles. The van der Waals surface area contributed by atoms with Crippen LogP contribution in [0.15, 0.2) is 41.4 Å². The van der Waals surface area contributed by atoms with Crippen molar-refractivity contribution in [2.45, 2.75) is 6.92 Å². The van der Waals surface area contributed by atoms with Crippen LogP contribution in [-0.4, -0.2) is 16.6 Å². The number of nitro groups is 1. The molecule has 0 saturated carbocycles. The molecule has 0 fully saturated rings. The largest absolute Gasteiger partial charge is 0.455 e. The summed E-state index contributed by atoms with van der Waals surface area (Å²) < 4.78 is 5.71. The van der Waals surface area contributed by atoms with Crippen LogP contribution < -0.4 is 10.5 Å². The third-order valence-electron chi connectivity index (χ3n) is 2.88. The summed E-state index contributed by atoms with van der Waals surface area (Å²) in [5.41, 5.74) is 6.47. The molecule has 0 aliphatic heterocycles. The van der Waals surface area contributed by atoms with Crippen molar-refractivity contribution in [3.63, 3.8) is 0 Å². The first-order valence-corrected chi connectivity index (χ1v) is 7.43. The zero-order chi connectivity index (χ0) is 17.0. The zero-order valence-electron chi connectivity index (χ0n) is 12.1. The Labute approximate surface area is 142 Å². The van der Waals surface area contributed by atoms with Gasteiger partial charge in [-0.25, -0.2) is 4.99 Å². The Bertz CT molecular complexity index is 758. The van der Waals surface area contributed by atoms with Gasteiger partial charge in [0.1, 0.15) is 17.3 Å². The predicted molar refractivity (Wildman–Crippen MR) is 91.4 cm³/mol. The Hall–Kier alpha value is -2.31. The van der Waals surface area contributed by atoms with Crippen LogP contribution in [0.3, 0.4) is 0 Å². The highest BCUT2D eigenvalue weighted by Crippen LogP contribution is 2.36. The molecule has 0 amide bonds. The lowest BCUT2D eigenvalue weighted by Gasteiger charge is -2.11. The molecule has 2 rings (SSSR count). The lowest BCUT2D eigenvalue weighted by molar-refractivity contribution is -0.384. The minimum atomic E-state index is -0.539. The summed E-state index contributed by atoms with van der Waals surface area (Å²) in [6, 6.07) is 9.38. The van der Waals surface area contributed by atoms with Crippen molar-refractivity contribution in [3.8, 4) is 11.5 Å². The van der Waals surface area contributed by atoms with Gasteiger partial charge < -0.3 is 10.5 Å². The first kappa shape index (κ1) is 17.1. The summed E-state index contributed by atoms with van der Waals surface area (Å²) in [5.74, 6) is 0.821. The van der Waals surface area contributed by atoms with Crippen LogP contribution >= 0.6 is 23.2 Å². The number of amidine groups is 1. The lowest BCUT2D eigenvalue weighted by Crippen LogP contribution is -2.12. The van der Waals surface area contributed by atoms with Crippen LogP contribution in [0, 0.1) is 17.0 Å². The van der Waals surface area contributed by atoms with E-state index < -0.39 is 4.92 Å². The number of rotatable bonds is 5. The highest BCUT2D eigenvalue weighted by molar-refractivity contribution is 6.32. The lowest BCUT2D eigenvalue weighted by atomic mass is 10.2. The van der Waals surface area contributed by atoms with Gasteiger partial charge in [-0.05, 0) is 18.6 Å². The SMILES string of the molecule is Cc1cccc(Cl)c1Oc1cc(N=C(N)CCl)cc([N+](=O)[O-])c1. The first-order chi connectivity index (χ1) is 10.9. The van der Waals surface area contributed by atoms with E-state index in [1.807, 2.05) is 13.0 Å². The normalized spacial score (nSPS) is 11.3. The number of para-hydroxylation sites is 1. The van der Waals surface area contributed by atoms with E-state index in [-0.39, 0.29) is 28.8 Å². The summed E-state index contributed by atoms with van der Waals surface area (Å²) in [5, 5.41) is 11.5. The van der Waals surface area contributed by atoms with Crippen LogP contribution in [0.1, 0.15) is 5.56 Å². The van der Waals surface area contributed by atoms with Crippen molar-refractivity contribution in [1.29, 1.82) is 0 Å². The fourth-order valence-corrected chi connectivity index (χ4v) is 2.18. The molecule has 120 valence electrons. The monoisotopic (exact) mass is 353 g/mol. The molecule has 0 saturated heterocycles. The number of ether oxygens (including phenoxy) is 1. The highest BCUT2D eigenvalue weighted by atomic mass is 35.5. The Morgan fingerprint density at radius 3 is 2.74 bits per heavy atom. The second-order valence-electron chi connectivity index (χ2n) is 4.67. The molecular weight excluding hydrogens is 341 g/mol. The number of benzene rings is 2. The summed E-state index contributed by atoms with van der Waals surface area (Å²) in [6.07, 6.45) is 0. The standard InChI is InChI=1S/C15H13Cl2N3O3/c1-9-3-2-4-13(17)15(9)23-12-6-10(19-14(18)8-16)5-11(7-12)20(21)22/h2-7H,8H2,1H3,(H2,18,19). The Balaban J connectivity index is 2.47. The maximum atomic E-state index is 11.1. The van der Waals surface area contributed by atoms with E-state index in [1.54, 1.807) is 12.1 Å². The van der Waals surface area contributed by atoms with E-state index in [0.717, 1.165) is 5.56 Å². The molecule has 0 radical (unpaired) electrons. The quantitative estimate of drug-likeness (QED) is 0.280. The molecule has 2 aromatic carbocycles. The van der Waals surface area contributed by atoms with Gasteiger partial charge in [-0.15, -0.1) is 11.6 Å². The van der Waals surface area contributed by atoms with Gasteiger partial charge in [0.2, 0.25) is 0 Å². The van der Waals surface area contributed by atoms with E-state index in [1.165, 1.54) is 18.2 Å². The third kappa shape index (κ3) is 4.34. The van der Waals surface area contributed by atoms with Crippen LogP contribution in [0.25, 0.3) is 0 Å². The maximum Gasteiger partial charge on any atom is 0.275 e. The zero-order valence-corrected chi connectivity index (χ0v) is 13.6. The minimum Gasteiger partial charge on any atom is -0.455 e. The number of nitrogens with two attached hydrogens (primary N) is 1. The van der Waals surface area contributed by atoms with E-state index in [4.69, 9.17) is 33.7 Å². The number of aryl methyl sites for hydroxylation is 1. The Morgan fingerprint density at radius 1 is 1.39 bits per heavy atom. The van der Waals surface area contributed by atoms with Crippen LogP contribution in [-0.2, 0) is 0 Å². The third-order valence-corrected chi connectivity index (χ3v) is 3.45. The molecule has 2 N–H and O–H groups in total.